The number of hydrogen-bond acceptors (Lipinski definition) is 10. The molecule has 0 radical (unpaired) electrons. The molecule has 57 heavy (non-hydrogen) atoms. The van der Waals surface area contributed by atoms with Crippen LogP contribution >= 0.6 is 0 Å². The Morgan fingerprint density at radius 3 is 2.60 bits per heavy atom. The summed E-state index contributed by atoms with van der Waals surface area (Å²) in [4.78, 5) is 65.0. The quantitative estimate of drug-likeness (QED) is 0.335. The van der Waals surface area contributed by atoms with Crippen molar-refractivity contribution in [3.63, 3.8) is 0 Å². The number of rotatable bonds is 8. The molecule has 6 bridgehead atoms. The summed E-state index contributed by atoms with van der Waals surface area (Å²) in [6.45, 7) is 5.30. The lowest BCUT2D eigenvalue weighted by molar-refractivity contribution is -0.142. The fourth-order valence-electron chi connectivity index (χ4n) is 9.27. The lowest BCUT2D eigenvalue weighted by atomic mass is 9.83. The molecule has 0 spiro atoms. The minimum absolute atomic E-state index is 0.0247. The van der Waals surface area contributed by atoms with Crippen LogP contribution in [0.1, 0.15) is 82.6 Å². The van der Waals surface area contributed by atoms with Gasteiger partial charge in [-0.15, -0.1) is 6.58 Å². The molecular formula is C41H54N6O9S. The largest absolute Gasteiger partial charge is 0.496 e. The highest BCUT2D eigenvalue weighted by atomic mass is 32.2. The fourth-order valence-corrected chi connectivity index (χ4v) is 10.6. The molecule has 16 heteroatoms. The number of pyridine rings is 1. The van der Waals surface area contributed by atoms with Crippen molar-refractivity contribution in [2.45, 2.75) is 119 Å². The lowest BCUT2D eigenvalue weighted by Gasteiger charge is -2.37. The predicted octanol–water partition coefficient (Wildman–Crippen LogP) is 3.35. The minimum atomic E-state index is -3.89. The first-order valence-electron chi connectivity index (χ1n) is 20.6. The molecule has 6 aliphatic rings. The maximum absolute atomic E-state index is 15.0. The Bertz CT molecular complexity index is 2020. The van der Waals surface area contributed by atoms with Gasteiger partial charge in [-0.25, -0.2) is 18.2 Å². The number of carbonyl (C=O) groups excluding carboxylic acids is 4. The first kappa shape index (κ1) is 39.4. The number of piperidine rings is 1. The monoisotopic (exact) mass is 806 g/mol. The minimum Gasteiger partial charge on any atom is -0.496 e. The molecule has 1 unspecified atom stereocenters. The molecule has 8 rings (SSSR count). The van der Waals surface area contributed by atoms with Gasteiger partial charge in [-0.1, -0.05) is 25.3 Å². The van der Waals surface area contributed by atoms with E-state index in [1.165, 1.54) is 11.0 Å². The molecule has 3 aliphatic carbocycles. The van der Waals surface area contributed by atoms with Crippen molar-refractivity contribution < 1.29 is 41.8 Å². The zero-order chi connectivity index (χ0) is 39.9. The molecule has 15 nitrogen and oxygen atoms in total. The number of fused-ring (bicyclic) bond motifs is 5. The van der Waals surface area contributed by atoms with Gasteiger partial charge in [0.15, 0.2) is 0 Å². The first-order chi connectivity index (χ1) is 27.5. The van der Waals surface area contributed by atoms with Crippen molar-refractivity contribution >= 4 is 44.5 Å². The molecule has 5 fully saturated rings. The number of hydrogen-bond donors (Lipinski definition) is 3. The van der Waals surface area contributed by atoms with E-state index in [-0.39, 0.29) is 37.4 Å². The molecule has 1 aromatic carbocycles. The van der Waals surface area contributed by atoms with Crippen molar-refractivity contribution in [2.75, 3.05) is 33.4 Å². The average Bonchev–Trinajstić information content (AvgIpc) is 4.15. The van der Waals surface area contributed by atoms with E-state index in [0.717, 1.165) is 73.5 Å². The van der Waals surface area contributed by atoms with Crippen LogP contribution in [0.4, 0.5) is 4.79 Å². The number of amides is 5. The Balaban J connectivity index is 1.14. The number of carbonyl (C=O) groups is 4. The zero-order valence-corrected chi connectivity index (χ0v) is 33.4. The molecule has 5 amide bonds. The number of benzene rings is 1. The van der Waals surface area contributed by atoms with E-state index in [4.69, 9.17) is 14.2 Å². The van der Waals surface area contributed by atoms with Crippen molar-refractivity contribution in [2.24, 2.45) is 11.8 Å². The van der Waals surface area contributed by atoms with Crippen LogP contribution in [0.3, 0.4) is 0 Å². The van der Waals surface area contributed by atoms with Crippen LogP contribution < -0.4 is 24.8 Å². The van der Waals surface area contributed by atoms with Crippen LogP contribution in [0, 0.1) is 11.8 Å². The maximum Gasteiger partial charge on any atom is 0.318 e. The van der Waals surface area contributed by atoms with Crippen molar-refractivity contribution in [1.29, 1.82) is 0 Å². The number of ether oxygens (including phenoxy) is 3. The Kier molecular flexibility index (Phi) is 11.1. The summed E-state index contributed by atoms with van der Waals surface area (Å²) >= 11 is 0. The Morgan fingerprint density at radius 2 is 1.86 bits per heavy atom. The van der Waals surface area contributed by atoms with Gasteiger partial charge in [-0.2, -0.15) is 0 Å². The van der Waals surface area contributed by atoms with Crippen LogP contribution in [0.15, 0.2) is 37.1 Å². The van der Waals surface area contributed by atoms with Gasteiger partial charge < -0.3 is 34.6 Å². The number of nitrogens with one attached hydrogen (secondary N) is 3. The van der Waals surface area contributed by atoms with Gasteiger partial charge in [0.25, 0.3) is 5.91 Å². The molecule has 4 heterocycles. The molecule has 6 atom stereocenters. The van der Waals surface area contributed by atoms with Gasteiger partial charge in [-0.05, 0) is 92.9 Å². The van der Waals surface area contributed by atoms with Crippen LogP contribution in [0.5, 0.6) is 11.6 Å². The van der Waals surface area contributed by atoms with E-state index < -0.39 is 62.6 Å². The second-order valence-corrected chi connectivity index (χ2v) is 18.6. The lowest BCUT2D eigenvalue weighted by Crippen LogP contribution is -2.60. The fraction of sp³-hybridized carbons (Fsp3) is 0.634. The third-order valence-corrected chi connectivity index (χ3v) is 14.6. The predicted molar refractivity (Wildman–Crippen MR) is 210 cm³/mol. The van der Waals surface area contributed by atoms with Gasteiger partial charge >= 0.3 is 6.03 Å². The number of aromatic nitrogens is 1. The number of methoxy groups -OCH3 is 1. The Labute approximate surface area is 333 Å². The van der Waals surface area contributed by atoms with E-state index in [1.54, 1.807) is 18.2 Å². The second-order valence-electron chi connectivity index (χ2n) is 16.7. The van der Waals surface area contributed by atoms with Gasteiger partial charge in [-0.3, -0.25) is 19.1 Å². The molecule has 3 saturated carbocycles. The summed E-state index contributed by atoms with van der Waals surface area (Å²) in [7, 11) is -2.26. The van der Waals surface area contributed by atoms with Crippen LogP contribution in [0.2, 0.25) is 0 Å². The number of nitrogens with zero attached hydrogens (tertiary/aromatic N) is 3. The van der Waals surface area contributed by atoms with Crippen LogP contribution in [0.25, 0.3) is 10.8 Å². The third-order valence-electron chi connectivity index (χ3n) is 12.8. The second kappa shape index (κ2) is 16.1. The van der Waals surface area contributed by atoms with E-state index in [0.29, 0.717) is 44.8 Å². The van der Waals surface area contributed by atoms with Gasteiger partial charge in [0, 0.05) is 43.6 Å². The SMILES string of the molecule is C=CC1C[C@]1(NC(=O)[C@@H]1C[C@@H]2CN1C(=O)[C@H](C1CCCCC1)NC(=O)N1CCC[C@H](C1)OCCCc1cc3c(nccc3cc1OC)O2)C(=O)NS(=O)(=O)C1CC1. The molecule has 2 aromatic rings. The summed E-state index contributed by atoms with van der Waals surface area (Å²) in [5, 5.41) is 6.97. The van der Waals surface area contributed by atoms with E-state index in [1.807, 2.05) is 18.2 Å². The van der Waals surface area contributed by atoms with E-state index >= 15 is 4.79 Å². The molecule has 2 saturated heterocycles. The highest BCUT2D eigenvalue weighted by molar-refractivity contribution is 7.91. The Morgan fingerprint density at radius 1 is 1.05 bits per heavy atom. The van der Waals surface area contributed by atoms with Gasteiger partial charge in [0.2, 0.25) is 27.7 Å². The molecule has 308 valence electrons. The standard InChI is InChI=1S/C41H54N6O9S/c1-3-28-22-41(28,39(50)45-57(52,53)31-13-14-31)44-36(48)33-21-30-24-47(33)38(49)35(25-9-5-4-6-10-25)43-40(51)46-17-7-12-29(23-46)55-18-8-11-27-19-32-26(20-34(27)54-2)15-16-42-37(32)56-30/h3,15-16,19-20,25,28-31,33,35H,1,4-14,17-18,21-24H2,2H3,(H,43,51)(H,44,48)(H,45,50)/t28?,29-,30-,33+,35+,41-/m1/s1. The first-order valence-corrected chi connectivity index (χ1v) is 22.1. The summed E-state index contributed by atoms with van der Waals surface area (Å²) in [6.07, 6.45) is 10.9. The van der Waals surface area contributed by atoms with Gasteiger partial charge in [0.05, 0.1) is 25.0 Å². The van der Waals surface area contributed by atoms with E-state index in [9.17, 15) is 22.8 Å². The molecule has 3 N–H and O–H groups in total. The topological polar surface area (TPSA) is 186 Å². The van der Waals surface area contributed by atoms with Crippen LogP contribution in [-0.4, -0.2) is 115 Å². The molecular weight excluding hydrogens is 753 g/mol. The highest BCUT2D eigenvalue weighted by Gasteiger charge is 2.62. The summed E-state index contributed by atoms with van der Waals surface area (Å²) in [6, 6.07) is 3.51. The van der Waals surface area contributed by atoms with E-state index in [2.05, 4.69) is 26.9 Å². The van der Waals surface area contributed by atoms with Crippen LogP contribution in [-0.2, 0) is 35.6 Å². The number of aryl methyl sites for hydroxylation is 1. The Hall–Kier alpha value is -4.44. The molecule has 1 aromatic heterocycles. The zero-order valence-electron chi connectivity index (χ0n) is 32.6. The smallest absolute Gasteiger partial charge is 0.318 e. The van der Waals surface area contributed by atoms with Gasteiger partial charge in [0.1, 0.15) is 29.5 Å². The number of urea groups is 1. The average molecular weight is 807 g/mol. The summed E-state index contributed by atoms with van der Waals surface area (Å²) in [5.74, 6) is -1.38. The van der Waals surface area contributed by atoms with Crippen molar-refractivity contribution in [3.05, 3.63) is 42.6 Å². The summed E-state index contributed by atoms with van der Waals surface area (Å²) in [5.41, 5.74) is -0.575. The highest BCUT2D eigenvalue weighted by Crippen LogP contribution is 2.46. The summed E-state index contributed by atoms with van der Waals surface area (Å²) < 4.78 is 46.5. The number of sulfonamides is 1. The van der Waals surface area contributed by atoms with Crippen molar-refractivity contribution in [1.82, 2.24) is 30.1 Å². The third kappa shape index (κ3) is 8.16. The normalized spacial score (nSPS) is 30.0. The maximum atomic E-state index is 15.0. The van der Waals surface area contributed by atoms with Crippen molar-refractivity contribution in [3.8, 4) is 11.6 Å². The molecule has 3 aliphatic heterocycles.